The molecule has 1 aliphatic carbocycles. The molecule has 1 amide bonds. The van der Waals surface area contributed by atoms with Crippen molar-refractivity contribution in [2.24, 2.45) is 5.92 Å². The van der Waals surface area contributed by atoms with E-state index in [1.165, 1.54) is 12.8 Å². The summed E-state index contributed by atoms with van der Waals surface area (Å²) in [5, 5.41) is 3.96. The second kappa shape index (κ2) is 7.29. The Hall–Kier alpha value is -2.05. The minimum absolute atomic E-state index is 0.00178. The Bertz CT molecular complexity index is 795. The normalized spacial score (nSPS) is 23.2. The van der Waals surface area contributed by atoms with Crippen LogP contribution in [0.2, 0.25) is 0 Å². The molecule has 0 unspecified atom stereocenters. The lowest BCUT2D eigenvalue weighted by molar-refractivity contribution is -0.0569. The number of carbonyl (C=O) groups is 1. The van der Waals surface area contributed by atoms with Gasteiger partial charge in [0.1, 0.15) is 11.3 Å². The van der Waals surface area contributed by atoms with Crippen LogP contribution in [0.4, 0.5) is 0 Å². The highest BCUT2D eigenvalue weighted by molar-refractivity contribution is 5.99. The number of hydrogen-bond donors (Lipinski definition) is 1. The van der Waals surface area contributed by atoms with E-state index >= 15 is 0 Å². The second-order valence-corrected chi connectivity index (χ2v) is 7.18. The van der Waals surface area contributed by atoms with Gasteiger partial charge in [0.2, 0.25) is 0 Å². The van der Waals surface area contributed by atoms with Gasteiger partial charge in [-0.3, -0.25) is 4.79 Å². The quantitative estimate of drug-likeness (QED) is 0.858. The Morgan fingerprint density at radius 3 is 2.92 bits per heavy atom. The molecule has 4 rings (SSSR count). The first-order valence-corrected chi connectivity index (χ1v) is 9.23. The summed E-state index contributed by atoms with van der Waals surface area (Å²) in [5.41, 5.74) is 1.47. The van der Waals surface area contributed by atoms with Crippen LogP contribution in [0.15, 0.2) is 22.6 Å². The Morgan fingerprint density at radius 2 is 2.15 bits per heavy atom. The molecular weight excluding hydrogens is 334 g/mol. The molecule has 0 bridgehead atoms. The monoisotopic (exact) mass is 359 g/mol. The molecule has 0 spiro atoms. The lowest BCUT2D eigenvalue weighted by atomic mass is 10.1. The second-order valence-electron chi connectivity index (χ2n) is 7.18. The van der Waals surface area contributed by atoms with Crippen LogP contribution in [0.25, 0.3) is 11.0 Å². The van der Waals surface area contributed by atoms with Gasteiger partial charge >= 0.3 is 0 Å². The minimum Gasteiger partial charge on any atom is -0.497 e. The highest BCUT2D eigenvalue weighted by Crippen LogP contribution is 2.31. The largest absolute Gasteiger partial charge is 0.497 e. The number of carbonyl (C=O) groups excluding carboxylic acids is 1. The summed E-state index contributed by atoms with van der Waals surface area (Å²) in [6.45, 7) is 3.81. The van der Waals surface area contributed by atoms with E-state index in [1.807, 2.05) is 19.1 Å². The minimum atomic E-state index is -0.229. The fourth-order valence-corrected chi connectivity index (χ4v) is 3.38. The number of aryl methyl sites for hydroxylation is 1. The number of hydrogen-bond acceptors (Lipinski definition) is 5. The summed E-state index contributed by atoms with van der Waals surface area (Å²) in [4.78, 5) is 12.8. The van der Waals surface area contributed by atoms with Crippen LogP contribution < -0.4 is 10.1 Å². The Balaban J connectivity index is 1.49. The zero-order chi connectivity index (χ0) is 18.1. The summed E-state index contributed by atoms with van der Waals surface area (Å²) < 4.78 is 22.6. The lowest BCUT2D eigenvalue weighted by Crippen LogP contribution is -2.50. The molecule has 2 aromatic rings. The molecule has 2 atom stereocenters. The molecule has 1 aromatic carbocycles. The Kier molecular flexibility index (Phi) is 4.87. The fraction of sp³-hybridized carbons (Fsp3) is 0.550. The van der Waals surface area contributed by atoms with E-state index in [-0.39, 0.29) is 18.1 Å². The molecule has 26 heavy (non-hydrogen) atoms. The average molecular weight is 359 g/mol. The molecule has 6 nitrogen and oxygen atoms in total. The lowest BCUT2D eigenvalue weighted by Gasteiger charge is -2.32. The number of benzene rings is 1. The molecular formula is C20H25NO5. The third-order valence-corrected chi connectivity index (χ3v) is 5.20. The van der Waals surface area contributed by atoms with Crippen LogP contribution in [-0.2, 0) is 9.47 Å². The predicted molar refractivity (Wildman–Crippen MR) is 96.7 cm³/mol. The summed E-state index contributed by atoms with van der Waals surface area (Å²) in [7, 11) is 1.61. The van der Waals surface area contributed by atoms with Crippen LogP contribution >= 0.6 is 0 Å². The summed E-state index contributed by atoms with van der Waals surface area (Å²) in [6.07, 6.45) is 3.30. The van der Waals surface area contributed by atoms with Crippen molar-refractivity contribution in [2.75, 3.05) is 26.9 Å². The molecule has 1 saturated heterocycles. The van der Waals surface area contributed by atoms with Crippen LogP contribution in [0, 0.1) is 12.8 Å². The summed E-state index contributed by atoms with van der Waals surface area (Å²) in [5.74, 6) is 1.50. The van der Waals surface area contributed by atoms with Crippen molar-refractivity contribution in [3.63, 3.8) is 0 Å². The topological polar surface area (TPSA) is 69.9 Å². The van der Waals surface area contributed by atoms with Gasteiger partial charge in [0, 0.05) is 30.2 Å². The number of amides is 1. The Labute approximate surface area is 152 Å². The molecule has 2 fully saturated rings. The maximum atomic E-state index is 12.8. The van der Waals surface area contributed by atoms with E-state index < -0.39 is 0 Å². The van der Waals surface area contributed by atoms with E-state index in [0.29, 0.717) is 36.2 Å². The van der Waals surface area contributed by atoms with Crippen LogP contribution in [0.5, 0.6) is 5.75 Å². The highest BCUT2D eigenvalue weighted by Gasteiger charge is 2.32. The van der Waals surface area contributed by atoms with Crippen molar-refractivity contribution in [1.82, 2.24) is 5.32 Å². The maximum Gasteiger partial charge on any atom is 0.287 e. The molecule has 6 heteroatoms. The van der Waals surface area contributed by atoms with Crippen molar-refractivity contribution >= 4 is 16.9 Å². The molecule has 1 saturated carbocycles. The van der Waals surface area contributed by atoms with Crippen LogP contribution in [0.1, 0.15) is 35.4 Å². The molecule has 2 aliphatic rings. The standard InChI is InChI=1S/C20H25NO5/c1-12-15-6-5-14(23-2)9-18(15)26-19(12)20(22)21-16-11-24-8-7-17(16)25-10-13-3-4-13/h5-6,9,13,16-17H,3-4,7-8,10-11H2,1-2H3,(H,21,22)/t16-,17+/m1/s1. The fourth-order valence-electron chi connectivity index (χ4n) is 3.38. The van der Waals surface area contributed by atoms with Crippen LogP contribution in [-0.4, -0.2) is 45.0 Å². The van der Waals surface area contributed by atoms with Gasteiger partial charge in [0.15, 0.2) is 5.76 Å². The molecule has 140 valence electrons. The van der Waals surface area contributed by atoms with E-state index in [9.17, 15) is 4.79 Å². The van der Waals surface area contributed by atoms with E-state index in [2.05, 4.69) is 5.32 Å². The first kappa shape index (κ1) is 17.4. The number of nitrogens with one attached hydrogen (secondary N) is 1. The van der Waals surface area contributed by atoms with Crippen molar-refractivity contribution in [2.45, 2.75) is 38.3 Å². The number of furan rings is 1. The predicted octanol–water partition coefficient (Wildman–Crippen LogP) is 3.06. The zero-order valence-corrected chi connectivity index (χ0v) is 15.2. The number of ether oxygens (including phenoxy) is 3. The van der Waals surface area contributed by atoms with Crippen LogP contribution in [0.3, 0.4) is 0 Å². The van der Waals surface area contributed by atoms with Crippen molar-refractivity contribution < 1.29 is 23.4 Å². The third kappa shape index (κ3) is 3.57. The van der Waals surface area contributed by atoms with Crippen molar-refractivity contribution in [3.8, 4) is 5.75 Å². The Morgan fingerprint density at radius 1 is 1.31 bits per heavy atom. The number of rotatable bonds is 6. The van der Waals surface area contributed by atoms with Gasteiger partial charge in [0.05, 0.1) is 25.9 Å². The van der Waals surface area contributed by atoms with E-state index in [4.69, 9.17) is 18.6 Å². The third-order valence-electron chi connectivity index (χ3n) is 5.20. The smallest absolute Gasteiger partial charge is 0.287 e. The van der Waals surface area contributed by atoms with Gasteiger partial charge in [-0.05, 0) is 44.2 Å². The zero-order valence-electron chi connectivity index (χ0n) is 15.2. The molecule has 1 N–H and O–H groups in total. The molecule has 1 aromatic heterocycles. The molecule has 2 heterocycles. The first-order chi connectivity index (χ1) is 12.7. The van der Waals surface area contributed by atoms with Gasteiger partial charge in [-0.15, -0.1) is 0 Å². The SMILES string of the molecule is COc1ccc2c(C)c(C(=O)N[C@@H]3COCC[C@@H]3OCC3CC3)oc2c1. The number of methoxy groups -OCH3 is 1. The molecule has 0 radical (unpaired) electrons. The van der Waals surface area contributed by atoms with Gasteiger partial charge in [-0.2, -0.15) is 0 Å². The van der Waals surface area contributed by atoms with E-state index in [1.54, 1.807) is 13.2 Å². The average Bonchev–Trinajstić information content (AvgIpc) is 3.43. The van der Waals surface area contributed by atoms with Gasteiger partial charge < -0.3 is 23.9 Å². The first-order valence-electron chi connectivity index (χ1n) is 9.23. The highest BCUT2D eigenvalue weighted by atomic mass is 16.5. The maximum absolute atomic E-state index is 12.8. The molecule has 1 aliphatic heterocycles. The van der Waals surface area contributed by atoms with E-state index in [0.717, 1.165) is 24.0 Å². The van der Waals surface area contributed by atoms with Gasteiger partial charge in [0.25, 0.3) is 5.91 Å². The number of fused-ring (bicyclic) bond motifs is 1. The van der Waals surface area contributed by atoms with Gasteiger partial charge in [-0.1, -0.05) is 0 Å². The summed E-state index contributed by atoms with van der Waals surface area (Å²) in [6, 6.07) is 5.42. The van der Waals surface area contributed by atoms with Crippen molar-refractivity contribution in [3.05, 3.63) is 29.5 Å². The summed E-state index contributed by atoms with van der Waals surface area (Å²) >= 11 is 0. The van der Waals surface area contributed by atoms with Gasteiger partial charge in [-0.25, -0.2) is 0 Å². The van der Waals surface area contributed by atoms with Crippen molar-refractivity contribution in [1.29, 1.82) is 0 Å².